The first-order chi connectivity index (χ1) is 12.6. The first-order valence-corrected chi connectivity index (χ1v) is 8.34. The van der Waals surface area contributed by atoms with Crippen molar-refractivity contribution < 1.29 is 4.79 Å². The Bertz CT molecular complexity index is 1100. The second-order valence-electron chi connectivity index (χ2n) is 5.74. The smallest absolute Gasteiger partial charge is 0.295 e. The van der Waals surface area contributed by atoms with E-state index in [2.05, 4.69) is 20.4 Å². The van der Waals surface area contributed by atoms with Crippen LogP contribution in [-0.4, -0.2) is 25.7 Å². The number of pyridine rings is 1. The third kappa shape index (κ3) is 3.14. The second kappa shape index (κ2) is 6.57. The van der Waals surface area contributed by atoms with Crippen molar-refractivity contribution in [3.05, 3.63) is 77.5 Å². The number of hydrogen-bond acceptors (Lipinski definition) is 4. The molecule has 0 spiro atoms. The summed E-state index contributed by atoms with van der Waals surface area (Å²) in [5, 5.41) is 8.71. The number of anilines is 1. The molecular formula is C19H14ClN5O. The zero-order chi connectivity index (χ0) is 18.1. The van der Waals surface area contributed by atoms with Crippen molar-refractivity contribution in [2.24, 2.45) is 0 Å². The molecule has 0 fully saturated rings. The Kier molecular flexibility index (Phi) is 4.10. The fraction of sp³-hybridized carbons (Fsp3) is 0.0526. The molecule has 2 heterocycles. The van der Waals surface area contributed by atoms with Crippen LogP contribution in [0.4, 0.5) is 5.69 Å². The zero-order valence-electron chi connectivity index (χ0n) is 13.8. The number of carbonyl (C=O) groups is 1. The van der Waals surface area contributed by atoms with Gasteiger partial charge in [-0.3, -0.25) is 9.78 Å². The summed E-state index contributed by atoms with van der Waals surface area (Å²) in [4.78, 5) is 21.0. The van der Waals surface area contributed by atoms with Gasteiger partial charge in [0.1, 0.15) is 5.82 Å². The van der Waals surface area contributed by atoms with Crippen LogP contribution in [0.5, 0.6) is 0 Å². The van der Waals surface area contributed by atoms with E-state index in [9.17, 15) is 4.79 Å². The van der Waals surface area contributed by atoms with E-state index in [-0.39, 0.29) is 11.7 Å². The highest BCUT2D eigenvalue weighted by atomic mass is 35.5. The van der Waals surface area contributed by atoms with Crippen LogP contribution in [-0.2, 0) is 0 Å². The highest BCUT2D eigenvalue weighted by molar-refractivity contribution is 6.30. The predicted molar refractivity (Wildman–Crippen MR) is 101 cm³/mol. The normalized spacial score (nSPS) is 10.8. The van der Waals surface area contributed by atoms with E-state index in [1.807, 2.05) is 36.4 Å². The molecule has 0 atom stereocenters. The third-order valence-electron chi connectivity index (χ3n) is 3.90. The molecule has 0 aliphatic heterocycles. The molecule has 0 unspecified atom stereocenters. The summed E-state index contributed by atoms with van der Waals surface area (Å²) in [5.41, 5.74) is 2.32. The summed E-state index contributed by atoms with van der Waals surface area (Å²) in [7, 11) is 0. The summed E-state index contributed by atoms with van der Waals surface area (Å²) in [6.45, 7) is 1.79. The average molecular weight is 364 g/mol. The minimum Gasteiger partial charge on any atom is -0.319 e. The number of nitrogens with zero attached hydrogens (tertiary/aromatic N) is 4. The fourth-order valence-corrected chi connectivity index (χ4v) is 2.78. The molecule has 0 radical (unpaired) electrons. The van der Waals surface area contributed by atoms with Crippen LogP contribution < -0.4 is 5.32 Å². The number of aromatic nitrogens is 4. The molecule has 7 heteroatoms. The van der Waals surface area contributed by atoms with Crippen molar-refractivity contribution in [1.29, 1.82) is 0 Å². The molecule has 26 heavy (non-hydrogen) atoms. The summed E-state index contributed by atoms with van der Waals surface area (Å²) in [6, 6.07) is 16.5. The number of aryl methyl sites for hydroxylation is 1. The summed E-state index contributed by atoms with van der Waals surface area (Å²) in [5.74, 6) is 0.341. The maximum Gasteiger partial charge on any atom is 0.295 e. The first kappa shape index (κ1) is 16.2. The number of nitrogens with one attached hydrogen (secondary N) is 1. The molecule has 0 aliphatic rings. The lowest BCUT2D eigenvalue weighted by Crippen LogP contribution is -2.14. The quantitative estimate of drug-likeness (QED) is 0.596. The van der Waals surface area contributed by atoms with Gasteiger partial charge in [-0.2, -0.15) is 0 Å². The lowest BCUT2D eigenvalue weighted by atomic mass is 10.2. The van der Waals surface area contributed by atoms with Crippen LogP contribution in [0.25, 0.3) is 16.6 Å². The standard InChI is InChI=1S/C19H14ClN5O/c1-12-22-18(24-25(12)16-7-4-14(20)5-8-16)19(26)23-15-6-9-17-13(11-15)3-2-10-21-17/h2-11H,1H3,(H,23,26). The van der Waals surface area contributed by atoms with E-state index < -0.39 is 0 Å². The maximum absolute atomic E-state index is 12.5. The second-order valence-corrected chi connectivity index (χ2v) is 6.17. The Morgan fingerprint density at radius 1 is 1.12 bits per heavy atom. The number of fused-ring (bicyclic) bond motifs is 1. The van der Waals surface area contributed by atoms with Gasteiger partial charge in [-0.25, -0.2) is 9.67 Å². The molecule has 4 aromatic rings. The Morgan fingerprint density at radius 3 is 2.73 bits per heavy atom. The van der Waals surface area contributed by atoms with Gasteiger partial charge in [0, 0.05) is 22.3 Å². The number of rotatable bonds is 3. The Morgan fingerprint density at radius 2 is 1.92 bits per heavy atom. The van der Waals surface area contributed by atoms with Crippen LogP contribution in [0.1, 0.15) is 16.4 Å². The maximum atomic E-state index is 12.5. The lowest BCUT2D eigenvalue weighted by molar-refractivity contribution is 0.101. The van der Waals surface area contributed by atoms with E-state index in [0.29, 0.717) is 16.5 Å². The molecule has 4 rings (SSSR count). The van der Waals surface area contributed by atoms with Gasteiger partial charge < -0.3 is 5.32 Å². The monoisotopic (exact) mass is 363 g/mol. The molecule has 0 bridgehead atoms. The first-order valence-electron chi connectivity index (χ1n) is 7.96. The summed E-state index contributed by atoms with van der Waals surface area (Å²) in [6.07, 6.45) is 1.73. The number of benzene rings is 2. The molecule has 128 valence electrons. The van der Waals surface area contributed by atoms with E-state index in [1.165, 1.54) is 0 Å². The van der Waals surface area contributed by atoms with E-state index in [1.54, 1.807) is 36.0 Å². The molecule has 0 aliphatic carbocycles. The highest BCUT2D eigenvalue weighted by Crippen LogP contribution is 2.18. The van der Waals surface area contributed by atoms with Crippen molar-refractivity contribution in [3.63, 3.8) is 0 Å². The molecule has 0 saturated heterocycles. The van der Waals surface area contributed by atoms with E-state index in [0.717, 1.165) is 16.6 Å². The van der Waals surface area contributed by atoms with Gasteiger partial charge in [-0.1, -0.05) is 17.7 Å². The Balaban J connectivity index is 1.59. The Hall–Kier alpha value is -3.25. The van der Waals surface area contributed by atoms with Crippen LogP contribution in [0.15, 0.2) is 60.8 Å². The van der Waals surface area contributed by atoms with Gasteiger partial charge >= 0.3 is 0 Å². The number of carbonyl (C=O) groups excluding carboxylic acids is 1. The van der Waals surface area contributed by atoms with Crippen molar-refractivity contribution in [1.82, 2.24) is 19.7 Å². The Labute approximate surface area is 154 Å². The minimum absolute atomic E-state index is 0.101. The summed E-state index contributed by atoms with van der Waals surface area (Å²) < 4.78 is 1.61. The molecule has 0 saturated carbocycles. The van der Waals surface area contributed by atoms with Crippen LogP contribution in [0, 0.1) is 6.92 Å². The molecule has 1 amide bonds. The SMILES string of the molecule is Cc1nc(C(=O)Nc2ccc3ncccc3c2)nn1-c1ccc(Cl)cc1. The topological polar surface area (TPSA) is 72.7 Å². The molecule has 2 aromatic carbocycles. The van der Waals surface area contributed by atoms with Gasteiger partial charge in [0.15, 0.2) is 0 Å². The molecule has 2 aromatic heterocycles. The average Bonchev–Trinajstić information content (AvgIpc) is 3.04. The molecular weight excluding hydrogens is 350 g/mol. The van der Waals surface area contributed by atoms with E-state index >= 15 is 0 Å². The van der Waals surface area contributed by atoms with Crippen molar-refractivity contribution >= 4 is 34.1 Å². The molecule has 1 N–H and O–H groups in total. The van der Waals surface area contributed by atoms with Gasteiger partial charge in [-0.05, 0) is 55.5 Å². The van der Waals surface area contributed by atoms with Crippen LogP contribution >= 0.6 is 11.6 Å². The largest absolute Gasteiger partial charge is 0.319 e. The van der Waals surface area contributed by atoms with Crippen molar-refractivity contribution in [3.8, 4) is 5.69 Å². The zero-order valence-corrected chi connectivity index (χ0v) is 14.6. The van der Waals surface area contributed by atoms with Crippen LogP contribution in [0.2, 0.25) is 5.02 Å². The van der Waals surface area contributed by atoms with Crippen LogP contribution in [0.3, 0.4) is 0 Å². The van der Waals surface area contributed by atoms with Gasteiger partial charge in [-0.15, -0.1) is 5.10 Å². The number of halogens is 1. The predicted octanol–water partition coefficient (Wildman–Crippen LogP) is 4.03. The molecule has 6 nitrogen and oxygen atoms in total. The van der Waals surface area contributed by atoms with E-state index in [4.69, 9.17) is 11.6 Å². The minimum atomic E-state index is -0.371. The van der Waals surface area contributed by atoms with Crippen molar-refractivity contribution in [2.75, 3.05) is 5.32 Å². The van der Waals surface area contributed by atoms with Gasteiger partial charge in [0.25, 0.3) is 5.91 Å². The van der Waals surface area contributed by atoms with Gasteiger partial charge in [0.05, 0.1) is 11.2 Å². The fourth-order valence-electron chi connectivity index (χ4n) is 2.65. The highest BCUT2D eigenvalue weighted by Gasteiger charge is 2.15. The number of amides is 1. The third-order valence-corrected chi connectivity index (χ3v) is 4.16. The summed E-state index contributed by atoms with van der Waals surface area (Å²) >= 11 is 5.91. The van der Waals surface area contributed by atoms with Crippen molar-refractivity contribution in [2.45, 2.75) is 6.92 Å². The van der Waals surface area contributed by atoms with Gasteiger partial charge in [0.2, 0.25) is 5.82 Å². The number of hydrogen-bond donors (Lipinski definition) is 1. The lowest BCUT2D eigenvalue weighted by Gasteiger charge is -2.04.